The van der Waals surface area contributed by atoms with E-state index in [0.717, 1.165) is 5.56 Å². The molecule has 0 aliphatic heterocycles. The molecule has 1 rings (SSSR count). The van der Waals surface area contributed by atoms with E-state index < -0.39 is 35.9 Å². The third-order valence-corrected chi connectivity index (χ3v) is 3.66. The number of esters is 2. The fourth-order valence-corrected chi connectivity index (χ4v) is 1.92. The van der Waals surface area contributed by atoms with E-state index in [9.17, 15) is 19.2 Å². The lowest BCUT2D eigenvalue weighted by Crippen LogP contribution is -2.45. The molecular formula is C19H26N2O6. The average Bonchev–Trinajstić information content (AvgIpc) is 2.59. The highest BCUT2D eigenvalue weighted by Crippen LogP contribution is 2.17. The minimum Gasteiger partial charge on any atom is -0.465 e. The van der Waals surface area contributed by atoms with Crippen molar-refractivity contribution in [1.82, 2.24) is 5.32 Å². The summed E-state index contributed by atoms with van der Waals surface area (Å²) in [6, 6.07) is 3.84. The summed E-state index contributed by atoms with van der Waals surface area (Å²) in [4.78, 5) is 47.4. The largest absolute Gasteiger partial charge is 0.465 e. The van der Waals surface area contributed by atoms with Gasteiger partial charge in [0.05, 0.1) is 12.7 Å². The Morgan fingerprint density at radius 3 is 2.33 bits per heavy atom. The third-order valence-electron chi connectivity index (χ3n) is 3.66. The maximum Gasteiger partial charge on any atom is 0.337 e. The minimum absolute atomic E-state index is 0.286. The van der Waals surface area contributed by atoms with Gasteiger partial charge in [-0.3, -0.25) is 9.59 Å². The summed E-state index contributed by atoms with van der Waals surface area (Å²) < 4.78 is 9.57. The Hall–Kier alpha value is -2.90. The van der Waals surface area contributed by atoms with Crippen molar-refractivity contribution in [2.45, 2.75) is 40.7 Å². The average molecular weight is 378 g/mol. The zero-order chi connectivity index (χ0) is 20.8. The molecule has 148 valence electrons. The Morgan fingerprint density at radius 2 is 1.78 bits per heavy atom. The highest BCUT2D eigenvalue weighted by atomic mass is 16.5. The van der Waals surface area contributed by atoms with Gasteiger partial charge in [-0.2, -0.15) is 0 Å². The number of aryl methyl sites for hydroxylation is 1. The van der Waals surface area contributed by atoms with E-state index in [1.54, 1.807) is 39.8 Å². The molecule has 27 heavy (non-hydrogen) atoms. The fourth-order valence-electron chi connectivity index (χ4n) is 1.92. The van der Waals surface area contributed by atoms with Gasteiger partial charge in [0.25, 0.3) is 5.91 Å². The number of amides is 2. The number of benzene rings is 1. The predicted octanol–water partition coefficient (Wildman–Crippen LogP) is 1.81. The fraction of sp³-hybridized carbons (Fsp3) is 0.474. The minimum atomic E-state index is -0.881. The van der Waals surface area contributed by atoms with Crippen LogP contribution in [0.2, 0.25) is 0 Å². The summed E-state index contributed by atoms with van der Waals surface area (Å²) in [5, 5.41) is 5.11. The van der Waals surface area contributed by atoms with Crippen LogP contribution in [-0.4, -0.2) is 43.5 Å². The van der Waals surface area contributed by atoms with Crippen LogP contribution in [0, 0.1) is 12.3 Å². The van der Waals surface area contributed by atoms with E-state index in [-0.39, 0.29) is 11.5 Å². The first-order chi connectivity index (χ1) is 12.5. The molecule has 0 fully saturated rings. The first-order valence-corrected chi connectivity index (χ1v) is 8.42. The van der Waals surface area contributed by atoms with Crippen LogP contribution in [0.15, 0.2) is 18.2 Å². The van der Waals surface area contributed by atoms with Crippen LogP contribution in [0.3, 0.4) is 0 Å². The van der Waals surface area contributed by atoms with E-state index >= 15 is 0 Å². The first kappa shape index (κ1) is 22.1. The van der Waals surface area contributed by atoms with Crippen molar-refractivity contribution in [2.24, 2.45) is 5.41 Å². The van der Waals surface area contributed by atoms with Crippen LogP contribution < -0.4 is 10.6 Å². The van der Waals surface area contributed by atoms with Gasteiger partial charge in [0.2, 0.25) is 5.91 Å². The van der Waals surface area contributed by atoms with Crippen molar-refractivity contribution in [1.29, 1.82) is 0 Å². The molecule has 0 aliphatic carbocycles. The van der Waals surface area contributed by atoms with Gasteiger partial charge >= 0.3 is 11.9 Å². The van der Waals surface area contributed by atoms with Crippen molar-refractivity contribution < 1.29 is 28.7 Å². The third kappa shape index (κ3) is 6.73. The number of methoxy groups -OCH3 is 1. The van der Waals surface area contributed by atoms with Crippen molar-refractivity contribution in [3.05, 3.63) is 29.3 Å². The molecule has 8 nitrogen and oxygen atoms in total. The number of rotatable bonds is 6. The quantitative estimate of drug-likeness (QED) is 0.731. The first-order valence-electron chi connectivity index (χ1n) is 8.42. The van der Waals surface area contributed by atoms with Gasteiger partial charge in [0.1, 0.15) is 6.04 Å². The van der Waals surface area contributed by atoms with Crippen LogP contribution >= 0.6 is 0 Å². The molecular weight excluding hydrogens is 352 g/mol. The molecule has 0 heterocycles. The predicted molar refractivity (Wildman–Crippen MR) is 99.2 cm³/mol. The van der Waals surface area contributed by atoms with E-state index in [1.807, 2.05) is 0 Å². The molecule has 1 aromatic carbocycles. The Balaban J connectivity index is 2.62. The van der Waals surface area contributed by atoms with Crippen LogP contribution in [0.1, 0.15) is 43.6 Å². The second-order valence-electron chi connectivity index (χ2n) is 7.12. The topological polar surface area (TPSA) is 111 Å². The van der Waals surface area contributed by atoms with Gasteiger partial charge in [0, 0.05) is 11.1 Å². The number of carbonyl (C=O) groups is 4. The zero-order valence-electron chi connectivity index (χ0n) is 16.5. The maximum absolute atomic E-state index is 12.0. The van der Waals surface area contributed by atoms with Crippen LogP contribution in [-0.2, 0) is 23.9 Å². The molecule has 0 saturated heterocycles. The lowest BCUT2D eigenvalue weighted by Gasteiger charge is -2.21. The van der Waals surface area contributed by atoms with Crippen molar-refractivity contribution in [3.8, 4) is 0 Å². The van der Waals surface area contributed by atoms with Gasteiger partial charge in [0.15, 0.2) is 6.61 Å². The van der Waals surface area contributed by atoms with Gasteiger partial charge in [-0.25, -0.2) is 9.59 Å². The van der Waals surface area contributed by atoms with Gasteiger partial charge in [-0.1, -0.05) is 26.8 Å². The summed E-state index contributed by atoms with van der Waals surface area (Å²) in [7, 11) is 1.26. The summed E-state index contributed by atoms with van der Waals surface area (Å²) in [5.74, 6) is -2.11. The molecule has 0 aliphatic rings. The lowest BCUT2D eigenvalue weighted by molar-refractivity contribution is -0.150. The summed E-state index contributed by atoms with van der Waals surface area (Å²) in [6.45, 7) is 7.88. The summed E-state index contributed by atoms with van der Waals surface area (Å²) in [6.07, 6.45) is 0. The highest BCUT2D eigenvalue weighted by molar-refractivity contribution is 5.96. The molecule has 0 bridgehead atoms. The zero-order valence-corrected chi connectivity index (χ0v) is 16.5. The van der Waals surface area contributed by atoms with Crippen molar-refractivity contribution >= 4 is 29.4 Å². The number of hydrogen-bond donors (Lipinski definition) is 2. The van der Waals surface area contributed by atoms with Crippen molar-refractivity contribution in [2.75, 3.05) is 19.0 Å². The van der Waals surface area contributed by atoms with Crippen LogP contribution in [0.5, 0.6) is 0 Å². The van der Waals surface area contributed by atoms with Gasteiger partial charge < -0.3 is 20.1 Å². The van der Waals surface area contributed by atoms with Gasteiger partial charge in [-0.15, -0.1) is 0 Å². The van der Waals surface area contributed by atoms with Crippen LogP contribution in [0.25, 0.3) is 0 Å². The highest BCUT2D eigenvalue weighted by Gasteiger charge is 2.26. The number of hydrogen-bond acceptors (Lipinski definition) is 6. The number of nitrogens with one attached hydrogen (secondary N) is 2. The maximum atomic E-state index is 12.0. The Morgan fingerprint density at radius 1 is 1.15 bits per heavy atom. The Bertz CT molecular complexity index is 736. The molecule has 2 N–H and O–H groups in total. The number of anilines is 1. The molecule has 8 heteroatoms. The second-order valence-corrected chi connectivity index (χ2v) is 7.12. The van der Waals surface area contributed by atoms with Gasteiger partial charge in [-0.05, 0) is 31.5 Å². The lowest BCUT2D eigenvalue weighted by atomic mass is 9.95. The monoisotopic (exact) mass is 378 g/mol. The number of ether oxygens (including phenoxy) is 2. The smallest absolute Gasteiger partial charge is 0.337 e. The SMILES string of the molecule is COC(=O)c1ccc(C)c(NC(=O)COC(=O)[C@@H](C)NC(=O)C(C)(C)C)c1. The normalized spacial score (nSPS) is 11.9. The van der Waals surface area contributed by atoms with E-state index in [4.69, 9.17) is 4.74 Å². The van der Waals surface area contributed by atoms with E-state index in [2.05, 4.69) is 15.4 Å². The molecule has 0 spiro atoms. The van der Waals surface area contributed by atoms with Crippen LogP contribution in [0.4, 0.5) is 5.69 Å². The number of carbonyl (C=O) groups excluding carboxylic acids is 4. The molecule has 1 atom stereocenters. The Kier molecular flexibility index (Phi) is 7.51. The molecule has 0 saturated carbocycles. The molecule has 0 radical (unpaired) electrons. The molecule has 0 aromatic heterocycles. The molecule has 2 amide bonds. The van der Waals surface area contributed by atoms with Crippen molar-refractivity contribution in [3.63, 3.8) is 0 Å². The molecule has 0 unspecified atom stereocenters. The van der Waals surface area contributed by atoms with E-state index in [0.29, 0.717) is 5.69 Å². The summed E-state index contributed by atoms with van der Waals surface area (Å²) >= 11 is 0. The summed E-state index contributed by atoms with van der Waals surface area (Å²) in [5.41, 5.74) is 0.781. The second kappa shape index (κ2) is 9.16. The molecule has 1 aromatic rings. The van der Waals surface area contributed by atoms with E-state index in [1.165, 1.54) is 20.1 Å². The Labute approximate surface area is 158 Å². The standard InChI is InChI=1S/C19H26N2O6/c1-11-7-8-13(17(24)26-6)9-14(11)21-15(22)10-27-16(23)12(2)20-18(25)19(3,4)5/h7-9,12H,10H2,1-6H3,(H,20,25)(H,21,22)/t12-/m1/s1.